The lowest BCUT2D eigenvalue weighted by atomic mass is 10.1. The summed E-state index contributed by atoms with van der Waals surface area (Å²) < 4.78 is 15.7. The lowest BCUT2D eigenvalue weighted by Gasteiger charge is -2.09. The molecule has 0 saturated carbocycles. The average Bonchev–Trinajstić information content (AvgIpc) is 2.70. The number of carbonyl (C=O) groups excluding carboxylic acids is 2. The van der Waals surface area contributed by atoms with Crippen molar-refractivity contribution < 1.29 is 23.8 Å². The van der Waals surface area contributed by atoms with Gasteiger partial charge in [-0.2, -0.15) is 0 Å². The van der Waals surface area contributed by atoms with E-state index in [0.717, 1.165) is 16.5 Å². The molecule has 0 saturated heterocycles. The quantitative estimate of drug-likeness (QED) is 0.282. The monoisotopic (exact) mass is 351 g/mol. The molecule has 3 aromatic rings. The number of nitrogens with zero attached hydrogens (tertiary/aromatic N) is 1. The molecule has 0 spiro atoms. The minimum absolute atomic E-state index is 0.255. The molecule has 0 unspecified atom stereocenters. The van der Waals surface area contributed by atoms with Crippen molar-refractivity contribution in [1.82, 2.24) is 4.98 Å². The standard InChI is InChI=1S/C20H17NO5/c1-24-20(23)19(22)15-3-5-17(6-4-15)25-10-11-26-18-7-2-14-8-9-21-13-16(14)12-18/h2-9,12-13H,10-11H2,1H3. The Hall–Kier alpha value is -3.41. The molecule has 0 N–H and O–H groups in total. The molecule has 0 aliphatic heterocycles. The molecule has 1 heterocycles. The highest BCUT2D eigenvalue weighted by atomic mass is 16.5. The number of rotatable bonds is 7. The molecule has 0 aliphatic carbocycles. The van der Waals surface area contributed by atoms with Gasteiger partial charge in [-0.05, 0) is 47.9 Å². The number of hydrogen-bond donors (Lipinski definition) is 0. The van der Waals surface area contributed by atoms with Gasteiger partial charge >= 0.3 is 5.97 Å². The van der Waals surface area contributed by atoms with Crippen molar-refractivity contribution in [1.29, 1.82) is 0 Å². The van der Waals surface area contributed by atoms with E-state index in [0.29, 0.717) is 19.0 Å². The second-order valence-corrected chi connectivity index (χ2v) is 5.43. The number of aromatic nitrogens is 1. The molecule has 132 valence electrons. The Morgan fingerprint density at radius 3 is 2.31 bits per heavy atom. The Morgan fingerprint density at radius 1 is 0.885 bits per heavy atom. The Labute approximate surface area is 150 Å². The number of esters is 1. The van der Waals surface area contributed by atoms with Crippen molar-refractivity contribution >= 4 is 22.5 Å². The van der Waals surface area contributed by atoms with Gasteiger partial charge in [-0.15, -0.1) is 0 Å². The van der Waals surface area contributed by atoms with Gasteiger partial charge in [0.15, 0.2) is 0 Å². The number of fused-ring (bicyclic) bond motifs is 1. The molecule has 6 nitrogen and oxygen atoms in total. The summed E-state index contributed by atoms with van der Waals surface area (Å²) in [6.45, 7) is 0.712. The predicted molar refractivity (Wildman–Crippen MR) is 95.5 cm³/mol. The average molecular weight is 351 g/mol. The maximum Gasteiger partial charge on any atom is 0.379 e. The van der Waals surface area contributed by atoms with Crippen LogP contribution in [0.1, 0.15) is 10.4 Å². The van der Waals surface area contributed by atoms with Crippen molar-refractivity contribution in [2.24, 2.45) is 0 Å². The zero-order valence-electron chi connectivity index (χ0n) is 14.2. The van der Waals surface area contributed by atoms with Crippen LogP contribution in [0.25, 0.3) is 10.8 Å². The third kappa shape index (κ3) is 4.16. The van der Waals surface area contributed by atoms with E-state index in [1.807, 2.05) is 24.3 Å². The van der Waals surface area contributed by atoms with Crippen LogP contribution in [0.4, 0.5) is 0 Å². The number of hydrogen-bond acceptors (Lipinski definition) is 6. The van der Waals surface area contributed by atoms with Crippen LogP contribution in [0.2, 0.25) is 0 Å². The van der Waals surface area contributed by atoms with Crippen LogP contribution in [-0.4, -0.2) is 37.1 Å². The van der Waals surface area contributed by atoms with Crippen molar-refractivity contribution in [2.45, 2.75) is 0 Å². The summed E-state index contributed by atoms with van der Waals surface area (Å²) in [5, 5.41) is 2.11. The fraction of sp³-hybridized carbons (Fsp3) is 0.150. The Morgan fingerprint density at radius 2 is 1.58 bits per heavy atom. The van der Waals surface area contributed by atoms with Gasteiger partial charge in [-0.3, -0.25) is 9.78 Å². The van der Waals surface area contributed by atoms with Crippen molar-refractivity contribution in [2.75, 3.05) is 20.3 Å². The first kappa shape index (κ1) is 17.4. The third-order valence-corrected chi connectivity index (χ3v) is 3.72. The van der Waals surface area contributed by atoms with E-state index in [-0.39, 0.29) is 5.56 Å². The molecule has 2 aromatic carbocycles. The molecule has 6 heteroatoms. The first-order valence-corrected chi connectivity index (χ1v) is 7.99. The van der Waals surface area contributed by atoms with E-state index in [1.165, 1.54) is 19.2 Å². The first-order chi connectivity index (χ1) is 12.7. The summed E-state index contributed by atoms with van der Waals surface area (Å²) in [5.41, 5.74) is 0.255. The number of ether oxygens (including phenoxy) is 3. The van der Waals surface area contributed by atoms with Gasteiger partial charge in [0.2, 0.25) is 0 Å². The van der Waals surface area contributed by atoms with Crippen molar-refractivity contribution in [3.05, 3.63) is 66.5 Å². The van der Waals surface area contributed by atoms with Crippen LogP contribution >= 0.6 is 0 Å². The fourth-order valence-corrected chi connectivity index (χ4v) is 2.38. The molecule has 0 amide bonds. The van der Waals surface area contributed by atoms with E-state index in [2.05, 4.69) is 9.72 Å². The third-order valence-electron chi connectivity index (χ3n) is 3.72. The Kier molecular flexibility index (Phi) is 5.43. The van der Waals surface area contributed by atoms with E-state index in [9.17, 15) is 9.59 Å². The second-order valence-electron chi connectivity index (χ2n) is 5.43. The van der Waals surface area contributed by atoms with Crippen LogP contribution < -0.4 is 9.47 Å². The van der Waals surface area contributed by atoms with Gasteiger partial charge in [-0.1, -0.05) is 6.07 Å². The Bertz CT molecular complexity index is 921. The maximum absolute atomic E-state index is 11.7. The maximum atomic E-state index is 11.7. The van der Waals surface area contributed by atoms with Gasteiger partial charge < -0.3 is 14.2 Å². The summed E-state index contributed by atoms with van der Waals surface area (Å²) in [7, 11) is 1.17. The van der Waals surface area contributed by atoms with E-state index >= 15 is 0 Å². The second kappa shape index (κ2) is 8.11. The number of benzene rings is 2. The summed E-state index contributed by atoms with van der Waals surface area (Å²) in [5.74, 6) is -0.253. The first-order valence-electron chi connectivity index (χ1n) is 7.99. The molecule has 0 radical (unpaired) electrons. The molecular formula is C20H17NO5. The smallest absolute Gasteiger partial charge is 0.379 e. The highest BCUT2D eigenvalue weighted by Gasteiger charge is 2.16. The summed E-state index contributed by atoms with van der Waals surface area (Å²) in [6, 6.07) is 14.0. The molecule has 3 rings (SSSR count). The molecular weight excluding hydrogens is 334 g/mol. The fourth-order valence-electron chi connectivity index (χ4n) is 2.38. The van der Waals surface area contributed by atoms with Crippen LogP contribution in [0, 0.1) is 0 Å². The Balaban J connectivity index is 1.50. The zero-order chi connectivity index (χ0) is 18.4. The molecule has 0 fully saturated rings. The largest absolute Gasteiger partial charge is 0.490 e. The lowest BCUT2D eigenvalue weighted by molar-refractivity contribution is -0.135. The number of pyridine rings is 1. The summed E-state index contributed by atoms with van der Waals surface area (Å²) in [6.07, 6.45) is 3.54. The van der Waals surface area contributed by atoms with Crippen LogP contribution in [0.3, 0.4) is 0 Å². The van der Waals surface area contributed by atoms with Gasteiger partial charge in [0.05, 0.1) is 7.11 Å². The SMILES string of the molecule is COC(=O)C(=O)c1ccc(OCCOc2ccc3ccncc3c2)cc1. The highest BCUT2D eigenvalue weighted by Crippen LogP contribution is 2.20. The highest BCUT2D eigenvalue weighted by molar-refractivity contribution is 6.40. The van der Waals surface area contributed by atoms with Crippen LogP contribution in [0.5, 0.6) is 11.5 Å². The van der Waals surface area contributed by atoms with Gasteiger partial charge in [0, 0.05) is 23.3 Å². The molecule has 0 aliphatic rings. The van der Waals surface area contributed by atoms with E-state index in [4.69, 9.17) is 9.47 Å². The van der Waals surface area contributed by atoms with E-state index in [1.54, 1.807) is 24.5 Å². The lowest BCUT2D eigenvalue weighted by Crippen LogP contribution is -2.15. The molecule has 0 atom stereocenters. The van der Waals surface area contributed by atoms with Crippen LogP contribution in [0.15, 0.2) is 60.9 Å². The van der Waals surface area contributed by atoms with Gasteiger partial charge in [0.25, 0.3) is 5.78 Å². The number of ketones is 1. The normalized spacial score (nSPS) is 10.3. The van der Waals surface area contributed by atoms with E-state index < -0.39 is 11.8 Å². The summed E-state index contributed by atoms with van der Waals surface area (Å²) >= 11 is 0. The zero-order valence-corrected chi connectivity index (χ0v) is 14.2. The van der Waals surface area contributed by atoms with Gasteiger partial charge in [0.1, 0.15) is 24.7 Å². The molecule has 26 heavy (non-hydrogen) atoms. The minimum Gasteiger partial charge on any atom is -0.490 e. The number of carbonyl (C=O) groups is 2. The predicted octanol–water partition coefficient (Wildman–Crippen LogP) is 3.05. The molecule has 0 bridgehead atoms. The number of methoxy groups -OCH3 is 1. The number of Topliss-reactive ketones (excluding diaryl/α,β-unsaturated/α-hetero) is 1. The minimum atomic E-state index is -0.891. The molecule has 1 aromatic heterocycles. The van der Waals surface area contributed by atoms with Crippen molar-refractivity contribution in [3.63, 3.8) is 0 Å². The van der Waals surface area contributed by atoms with Crippen molar-refractivity contribution in [3.8, 4) is 11.5 Å². The topological polar surface area (TPSA) is 74.7 Å². The van der Waals surface area contributed by atoms with Crippen LogP contribution in [-0.2, 0) is 9.53 Å². The summed E-state index contributed by atoms with van der Waals surface area (Å²) in [4.78, 5) is 27.0. The van der Waals surface area contributed by atoms with Gasteiger partial charge in [-0.25, -0.2) is 4.79 Å².